The molecule has 156 valence electrons. The normalized spacial score (nSPS) is 15.5. The summed E-state index contributed by atoms with van der Waals surface area (Å²) in [6, 6.07) is 4.67. The van der Waals surface area contributed by atoms with Crippen molar-refractivity contribution in [1.82, 2.24) is 9.47 Å². The first-order valence-corrected chi connectivity index (χ1v) is 9.69. The van der Waals surface area contributed by atoms with Crippen molar-refractivity contribution < 1.29 is 24.2 Å². The van der Waals surface area contributed by atoms with Gasteiger partial charge in [-0.2, -0.15) is 0 Å². The lowest BCUT2D eigenvalue weighted by Gasteiger charge is -2.33. The summed E-state index contributed by atoms with van der Waals surface area (Å²) in [6.07, 6.45) is 2.98. The molecule has 0 saturated carbocycles. The van der Waals surface area contributed by atoms with Crippen molar-refractivity contribution in [2.24, 2.45) is 11.7 Å². The Labute approximate surface area is 169 Å². The number of hydrogen-bond acceptors (Lipinski definition) is 4. The van der Waals surface area contributed by atoms with Gasteiger partial charge in [0.1, 0.15) is 5.60 Å². The van der Waals surface area contributed by atoms with E-state index in [1.165, 1.54) is 6.07 Å². The van der Waals surface area contributed by atoms with Gasteiger partial charge in [-0.05, 0) is 51.7 Å². The van der Waals surface area contributed by atoms with Crippen molar-refractivity contribution in [2.45, 2.75) is 45.8 Å². The molecule has 0 bridgehead atoms. The maximum absolute atomic E-state index is 12.2. The van der Waals surface area contributed by atoms with Crippen molar-refractivity contribution >= 4 is 28.9 Å². The molecule has 2 aromatic rings. The van der Waals surface area contributed by atoms with Crippen LogP contribution in [0.2, 0.25) is 0 Å². The summed E-state index contributed by atoms with van der Waals surface area (Å²) in [5, 5.41) is 9.93. The van der Waals surface area contributed by atoms with Crippen LogP contribution in [-0.4, -0.2) is 51.2 Å². The van der Waals surface area contributed by atoms with Crippen LogP contribution in [0.4, 0.5) is 4.79 Å². The van der Waals surface area contributed by atoms with Crippen molar-refractivity contribution in [3.8, 4) is 0 Å². The molecule has 0 atom stereocenters. The molecule has 0 spiro atoms. The van der Waals surface area contributed by atoms with Crippen molar-refractivity contribution in [1.29, 1.82) is 0 Å². The minimum atomic E-state index is -1.02. The predicted octanol–water partition coefficient (Wildman–Crippen LogP) is 3.09. The highest BCUT2D eigenvalue weighted by atomic mass is 16.6. The van der Waals surface area contributed by atoms with Crippen LogP contribution in [0.25, 0.3) is 10.9 Å². The molecule has 0 radical (unpaired) electrons. The topological polar surface area (TPSA) is 115 Å². The molecule has 8 heteroatoms. The van der Waals surface area contributed by atoms with E-state index in [-0.39, 0.29) is 11.7 Å². The molecule has 1 aliphatic heterocycles. The van der Waals surface area contributed by atoms with Crippen molar-refractivity contribution in [3.63, 3.8) is 0 Å². The Morgan fingerprint density at radius 2 is 1.86 bits per heavy atom. The lowest BCUT2D eigenvalue weighted by atomic mass is 9.97. The number of carbonyl (C=O) groups excluding carboxylic acids is 2. The average Bonchev–Trinajstić information content (AvgIpc) is 2.99. The fraction of sp³-hybridized carbons (Fsp3) is 0.476. The van der Waals surface area contributed by atoms with Gasteiger partial charge in [0.05, 0.1) is 11.1 Å². The van der Waals surface area contributed by atoms with Crippen LogP contribution in [0, 0.1) is 5.92 Å². The van der Waals surface area contributed by atoms with Crippen LogP contribution in [0.15, 0.2) is 24.4 Å². The van der Waals surface area contributed by atoms with Crippen LogP contribution >= 0.6 is 0 Å². The number of likely N-dealkylation sites (tertiary alicyclic amines) is 1. The van der Waals surface area contributed by atoms with Gasteiger partial charge in [0.15, 0.2) is 0 Å². The van der Waals surface area contributed by atoms with Crippen LogP contribution < -0.4 is 5.73 Å². The Kier molecular flexibility index (Phi) is 5.55. The molecular formula is C21H27N3O5. The molecule has 29 heavy (non-hydrogen) atoms. The summed E-state index contributed by atoms with van der Waals surface area (Å²) < 4.78 is 7.33. The zero-order valence-electron chi connectivity index (χ0n) is 17.0. The monoisotopic (exact) mass is 401 g/mol. The van der Waals surface area contributed by atoms with Gasteiger partial charge in [-0.3, -0.25) is 4.79 Å². The number of rotatable bonds is 4. The lowest BCUT2D eigenvalue weighted by Crippen LogP contribution is -2.42. The number of primary amides is 1. The number of hydrogen-bond donors (Lipinski definition) is 2. The van der Waals surface area contributed by atoms with E-state index >= 15 is 0 Å². The Hall–Kier alpha value is -3.03. The van der Waals surface area contributed by atoms with Crippen LogP contribution in [0.5, 0.6) is 0 Å². The number of amides is 2. The van der Waals surface area contributed by atoms with E-state index in [0.717, 1.165) is 12.8 Å². The molecule has 3 N–H and O–H groups in total. The van der Waals surface area contributed by atoms with Crippen molar-refractivity contribution in [2.75, 3.05) is 13.1 Å². The quantitative estimate of drug-likeness (QED) is 0.817. The zero-order chi connectivity index (χ0) is 21.3. The summed E-state index contributed by atoms with van der Waals surface area (Å²) >= 11 is 0. The second-order valence-corrected chi connectivity index (χ2v) is 8.51. The van der Waals surface area contributed by atoms with Gasteiger partial charge in [-0.15, -0.1) is 0 Å². The number of aromatic nitrogens is 1. The molecule has 0 unspecified atom stereocenters. The third-order valence-corrected chi connectivity index (χ3v) is 5.12. The highest BCUT2D eigenvalue weighted by molar-refractivity contribution is 6.07. The second-order valence-electron chi connectivity index (χ2n) is 8.51. The average molecular weight is 401 g/mol. The first-order valence-electron chi connectivity index (χ1n) is 9.69. The summed E-state index contributed by atoms with van der Waals surface area (Å²) in [4.78, 5) is 37.1. The number of piperidine rings is 1. The number of nitrogens with two attached hydrogens (primary N) is 1. The van der Waals surface area contributed by atoms with Crippen molar-refractivity contribution in [3.05, 3.63) is 35.5 Å². The Balaban J connectivity index is 1.75. The number of carboxylic acid groups (broad SMARTS) is 1. The molecule has 0 aliphatic carbocycles. The zero-order valence-corrected chi connectivity index (χ0v) is 17.0. The fourth-order valence-corrected chi connectivity index (χ4v) is 3.68. The Morgan fingerprint density at radius 3 is 2.41 bits per heavy atom. The molecule has 1 aromatic carbocycles. The molecule has 1 aromatic heterocycles. The number of ether oxygens (including phenoxy) is 1. The maximum atomic E-state index is 12.2. The van der Waals surface area contributed by atoms with Crippen LogP contribution in [0.3, 0.4) is 0 Å². The number of carboxylic acids is 1. The van der Waals surface area contributed by atoms with E-state index in [1.807, 2.05) is 25.3 Å². The third-order valence-electron chi connectivity index (χ3n) is 5.12. The standard InChI is InChI=1S/C21H27N3O5/c1-21(2,3)29-20(28)23-8-6-13(7-9-23)11-24-12-16(18(22)25)15-5-4-14(19(26)27)10-17(15)24/h4-5,10,12-13H,6-9,11H2,1-3H3,(H2,22,25)(H,26,27). The smallest absolute Gasteiger partial charge is 0.410 e. The van der Waals surface area contributed by atoms with Gasteiger partial charge < -0.3 is 25.0 Å². The van der Waals surface area contributed by atoms with E-state index in [2.05, 4.69) is 0 Å². The van der Waals surface area contributed by atoms with Gasteiger partial charge in [-0.1, -0.05) is 6.07 Å². The minimum absolute atomic E-state index is 0.160. The summed E-state index contributed by atoms with van der Waals surface area (Å²) in [5.41, 5.74) is 6.19. The molecule has 1 aliphatic rings. The summed E-state index contributed by atoms with van der Waals surface area (Å²) in [5.74, 6) is -1.28. The number of carbonyl (C=O) groups is 3. The SMILES string of the molecule is CC(C)(C)OC(=O)N1CCC(Cn2cc(C(N)=O)c3ccc(C(=O)O)cc32)CC1. The summed E-state index contributed by atoms with van der Waals surface area (Å²) in [7, 11) is 0. The molecule has 2 heterocycles. The maximum Gasteiger partial charge on any atom is 0.410 e. The Morgan fingerprint density at radius 1 is 1.21 bits per heavy atom. The molecule has 2 amide bonds. The number of nitrogens with zero attached hydrogens (tertiary/aromatic N) is 2. The molecule has 3 rings (SSSR count). The largest absolute Gasteiger partial charge is 0.478 e. The minimum Gasteiger partial charge on any atom is -0.478 e. The highest BCUT2D eigenvalue weighted by Crippen LogP contribution is 2.27. The fourth-order valence-electron chi connectivity index (χ4n) is 3.68. The summed E-state index contributed by atoms with van der Waals surface area (Å²) in [6.45, 7) is 7.35. The molecule has 1 fully saturated rings. The van der Waals surface area contributed by atoms with Crippen LogP contribution in [0.1, 0.15) is 54.3 Å². The van der Waals surface area contributed by atoms with E-state index in [0.29, 0.717) is 42.0 Å². The van der Waals surface area contributed by atoms with Gasteiger partial charge in [-0.25, -0.2) is 9.59 Å². The van der Waals surface area contributed by atoms with E-state index in [9.17, 15) is 19.5 Å². The lowest BCUT2D eigenvalue weighted by molar-refractivity contribution is 0.0178. The van der Waals surface area contributed by atoms with Gasteiger partial charge in [0.2, 0.25) is 0 Å². The van der Waals surface area contributed by atoms with E-state index < -0.39 is 17.5 Å². The first-order chi connectivity index (χ1) is 13.5. The van der Waals surface area contributed by atoms with E-state index in [1.54, 1.807) is 23.2 Å². The third kappa shape index (κ3) is 4.70. The first kappa shape index (κ1) is 20.7. The number of fused-ring (bicyclic) bond motifs is 1. The highest BCUT2D eigenvalue weighted by Gasteiger charge is 2.27. The van der Waals surface area contributed by atoms with E-state index in [4.69, 9.17) is 10.5 Å². The van der Waals surface area contributed by atoms with Gasteiger partial charge in [0, 0.05) is 36.7 Å². The second kappa shape index (κ2) is 7.77. The number of aromatic carboxylic acids is 1. The Bertz CT molecular complexity index is 949. The van der Waals surface area contributed by atoms with Gasteiger partial charge >= 0.3 is 12.1 Å². The van der Waals surface area contributed by atoms with Gasteiger partial charge in [0.25, 0.3) is 5.91 Å². The van der Waals surface area contributed by atoms with Crippen LogP contribution in [-0.2, 0) is 11.3 Å². The molecule has 1 saturated heterocycles. The molecule has 8 nitrogen and oxygen atoms in total. The molecular weight excluding hydrogens is 374 g/mol. The predicted molar refractivity (Wildman–Crippen MR) is 108 cm³/mol. The number of benzene rings is 1.